The second-order valence-corrected chi connectivity index (χ2v) is 5.63. The highest BCUT2D eigenvalue weighted by molar-refractivity contribution is 5.23. The van der Waals surface area contributed by atoms with Crippen LogP contribution in [0.3, 0.4) is 0 Å². The first-order valence-electron chi connectivity index (χ1n) is 5.15. The van der Waals surface area contributed by atoms with Gasteiger partial charge in [-0.15, -0.1) is 0 Å². The summed E-state index contributed by atoms with van der Waals surface area (Å²) in [5.41, 5.74) is 2.56. The second kappa shape index (κ2) is 2.16. The number of hydrogen-bond acceptors (Lipinski definition) is 0. The number of rotatable bonds is 0. The third-order valence-corrected chi connectivity index (χ3v) is 4.38. The van der Waals surface area contributed by atoms with Gasteiger partial charge in [0.05, 0.1) is 0 Å². The van der Waals surface area contributed by atoms with Crippen molar-refractivity contribution >= 4 is 0 Å². The summed E-state index contributed by atoms with van der Waals surface area (Å²) in [5.74, 6) is 0.914. The van der Waals surface area contributed by atoms with Crippen LogP contribution in [0.2, 0.25) is 0 Å². The van der Waals surface area contributed by atoms with E-state index in [4.69, 9.17) is 0 Å². The van der Waals surface area contributed by atoms with Crippen LogP contribution in [0.4, 0.5) is 0 Å². The quantitative estimate of drug-likeness (QED) is 0.478. The summed E-state index contributed by atoms with van der Waals surface area (Å²) in [7, 11) is 0. The maximum atomic E-state index is 4.26. The van der Waals surface area contributed by atoms with Crippen LogP contribution < -0.4 is 0 Å². The summed E-state index contributed by atoms with van der Waals surface area (Å²) in [6, 6.07) is 0. The van der Waals surface area contributed by atoms with Crippen molar-refractivity contribution in [2.24, 2.45) is 16.7 Å². The van der Waals surface area contributed by atoms with Crippen molar-refractivity contribution in [1.29, 1.82) is 0 Å². The van der Waals surface area contributed by atoms with E-state index in [0.29, 0.717) is 10.8 Å². The van der Waals surface area contributed by atoms with Crippen molar-refractivity contribution in [1.82, 2.24) is 0 Å². The molecule has 2 rings (SSSR count). The SMILES string of the molecule is C=C1CC(C)(C)C2CCCC12C. The van der Waals surface area contributed by atoms with Crippen LogP contribution in [0, 0.1) is 16.7 Å². The van der Waals surface area contributed by atoms with Crippen LogP contribution in [-0.2, 0) is 0 Å². The number of hydrogen-bond donors (Lipinski definition) is 0. The maximum absolute atomic E-state index is 4.26. The molecule has 0 aromatic carbocycles. The fourth-order valence-electron chi connectivity index (χ4n) is 3.72. The fraction of sp³-hybridized carbons (Fsp3) is 0.833. The van der Waals surface area contributed by atoms with E-state index in [1.165, 1.54) is 31.3 Å². The lowest BCUT2D eigenvalue weighted by atomic mass is 9.73. The average Bonchev–Trinajstić information content (AvgIpc) is 2.37. The van der Waals surface area contributed by atoms with Gasteiger partial charge in [-0.1, -0.05) is 39.3 Å². The first-order valence-corrected chi connectivity index (χ1v) is 5.15. The molecule has 2 fully saturated rings. The molecule has 0 aromatic rings. The molecule has 0 amide bonds. The minimum Gasteiger partial charge on any atom is -0.0993 e. The van der Waals surface area contributed by atoms with E-state index in [1.54, 1.807) is 0 Å². The summed E-state index contributed by atoms with van der Waals surface area (Å²) in [6.45, 7) is 11.5. The molecule has 0 aliphatic heterocycles. The zero-order valence-corrected chi connectivity index (χ0v) is 8.61. The van der Waals surface area contributed by atoms with Gasteiger partial charge < -0.3 is 0 Å². The smallest absolute Gasteiger partial charge is 0.00854 e. The molecule has 2 atom stereocenters. The monoisotopic (exact) mass is 164 g/mol. The van der Waals surface area contributed by atoms with Crippen LogP contribution in [0.15, 0.2) is 12.2 Å². The third kappa shape index (κ3) is 0.841. The Morgan fingerprint density at radius 1 is 1.33 bits per heavy atom. The normalized spacial score (nSPS) is 44.9. The van der Waals surface area contributed by atoms with E-state index in [0.717, 1.165) is 5.92 Å². The molecule has 0 heteroatoms. The molecule has 0 N–H and O–H groups in total. The first kappa shape index (κ1) is 8.34. The van der Waals surface area contributed by atoms with Gasteiger partial charge >= 0.3 is 0 Å². The summed E-state index contributed by atoms with van der Waals surface area (Å²) < 4.78 is 0. The molecule has 2 saturated carbocycles. The Hall–Kier alpha value is -0.260. The summed E-state index contributed by atoms with van der Waals surface area (Å²) >= 11 is 0. The molecule has 0 nitrogen and oxygen atoms in total. The maximum Gasteiger partial charge on any atom is -0.00854 e. The Kier molecular flexibility index (Phi) is 1.50. The minimum atomic E-state index is 0.503. The largest absolute Gasteiger partial charge is 0.0993 e. The van der Waals surface area contributed by atoms with Gasteiger partial charge in [0.25, 0.3) is 0 Å². The van der Waals surface area contributed by atoms with Crippen LogP contribution in [0.25, 0.3) is 0 Å². The predicted molar refractivity (Wildman–Crippen MR) is 53.0 cm³/mol. The summed E-state index contributed by atoms with van der Waals surface area (Å²) in [6.07, 6.45) is 5.50. The molecule has 0 spiro atoms. The van der Waals surface area contributed by atoms with E-state index >= 15 is 0 Å². The zero-order chi connectivity index (χ0) is 8.98. The van der Waals surface area contributed by atoms with Crippen molar-refractivity contribution in [2.45, 2.75) is 46.5 Å². The van der Waals surface area contributed by atoms with Crippen molar-refractivity contribution in [3.05, 3.63) is 12.2 Å². The van der Waals surface area contributed by atoms with E-state index < -0.39 is 0 Å². The van der Waals surface area contributed by atoms with Gasteiger partial charge in [0.2, 0.25) is 0 Å². The van der Waals surface area contributed by atoms with Crippen LogP contribution in [0.5, 0.6) is 0 Å². The van der Waals surface area contributed by atoms with Crippen LogP contribution in [0.1, 0.15) is 46.5 Å². The fourth-order valence-corrected chi connectivity index (χ4v) is 3.72. The topological polar surface area (TPSA) is 0 Å². The lowest BCUT2D eigenvalue weighted by Gasteiger charge is -2.31. The number of fused-ring (bicyclic) bond motifs is 1. The number of allylic oxidation sites excluding steroid dienone is 1. The summed E-state index contributed by atoms with van der Waals surface area (Å²) in [4.78, 5) is 0. The van der Waals surface area contributed by atoms with Gasteiger partial charge in [-0.25, -0.2) is 0 Å². The first-order chi connectivity index (χ1) is 5.47. The predicted octanol–water partition coefficient (Wildman–Crippen LogP) is 3.78. The van der Waals surface area contributed by atoms with Crippen LogP contribution >= 0.6 is 0 Å². The highest BCUT2D eigenvalue weighted by Gasteiger charge is 2.53. The van der Waals surface area contributed by atoms with Gasteiger partial charge in [0.15, 0.2) is 0 Å². The molecule has 2 aliphatic carbocycles. The van der Waals surface area contributed by atoms with Crippen molar-refractivity contribution in [2.75, 3.05) is 0 Å². The minimum absolute atomic E-state index is 0.503. The van der Waals surface area contributed by atoms with Gasteiger partial charge in [-0.3, -0.25) is 0 Å². The molecule has 2 aliphatic rings. The zero-order valence-electron chi connectivity index (χ0n) is 8.61. The standard InChI is InChI=1S/C12H20/c1-9-8-11(2,3)10-6-5-7-12(9,10)4/h10H,1,5-8H2,2-4H3. The summed E-state index contributed by atoms with van der Waals surface area (Å²) in [5, 5.41) is 0. The Morgan fingerprint density at radius 2 is 2.00 bits per heavy atom. The molecule has 0 aromatic heterocycles. The molecule has 2 unspecified atom stereocenters. The molecular weight excluding hydrogens is 144 g/mol. The lowest BCUT2D eigenvalue weighted by Crippen LogP contribution is -2.24. The molecule has 0 bridgehead atoms. The average molecular weight is 164 g/mol. The molecule has 68 valence electrons. The molecule has 0 saturated heterocycles. The highest BCUT2D eigenvalue weighted by Crippen LogP contribution is 2.63. The second-order valence-electron chi connectivity index (χ2n) is 5.63. The van der Waals surface area contributed by atoms with Crippen molar-refractivity contribution in [3.8, 4) is 0 Å². The van der Waals surface area contributed by atoms with Gasteiger partial charge in [-0.2, -0.15) is 0 Å². The van der Waals surface area contributed by atoms with E-state index in [2.05, 4.69) is 27.4 Å². The van der Waals surface area contributed by atoms with Crippen LogP contribution in [-0.4, -0.2) is 0 Å². The third-order valence-electron chi connectivity index (χ3n) is 4.38. The van der Waals surface area contributed by atoms with Crippen molar-refractivity contribution < 1.29 is 0 Å². The molecular formula is C12H20. The Labute approximate surface area is 76.1 Å². The Bertz CT molecular complexity index is 224. The van der Waals surface area contributed by atoms with Crippen molar-refractivity contribution in [3.63, 3.8) is 0 Å². The molecule has 0 radical (unpaired) electrons. The van der Waals surface area contributed by atoms with Gasteiger partial charge in [0.1, 0.15) is 0 Å². The van der Waals surface area contributed by atoms with E-state index in [1.807, 2.05) is 0 Å². The highest BCUT2D eigenvalue weighted by atomic mass is 14.6. The Balaban J connectivity index is 2.39. The van der Waals surface area contributed by atoms with E-state index in [9.17, 15) is 0 Å². The molecule has 0 heterocycles. The Morgan fingerprint density at radius 3 is 2.58 bits per heavy atom. The van der Waals surface area contributed by atoms with E-state index in [-0.39, 0.29) is 0 Å². The lowest BCUT2D eigenvalue weighted by molar-refractivity contribution is 0.187. The van der Waals surface area contributed by atoms with Gasteiger partial charge in [-0.05, 0) is 36.0 Å². The molecule has 12 heavy (non-hydrogen) atoms. The van der Waals surface area contributed by atoms with Gasteiger partial charge in [0, 0.05) is 0 Å².